The Bertz CT molecular complexity index is 1800. The Kier molecular flexibility index (Phi) is 10.4. The molecule has 7 atom stereocenters. The lowest BCUT2D eigenvalue weighted by Crippen LogP contribution is -2.55. The van der Waals surface area contributed by atoms with Crippen LogP contribution in [0.4, 0.5) is 5.69 Å². The summed E-state index contributed by atoms with van der Waals surface area (Å²) in [5.41, 5.74) is 2.36. The molecule has 2 bridgehead atoms. The molecule has 10 heteroatoms. The molecule has 1 unspecified atom stereocenters. The molecule has 0 aromatic heterocycles. The van der Waals surface area contributed by atoms with Crippen LogP contribution in [-0.2, 0) is 31.1 Å². The summed E-state index contributed by atoms with van der Waals surface area (Å²) in [5.74, 6) is 4.63. The molecule has 2 aromatic carbocycles. The Morgan fingerprint density at radius 2 is 1.96 bits per heavy atom. The van der Waals surface area contributed by atoms with Crippen molar-refractivity contribution < 1.29 is 23.3 Å². The minimum atomic E-state index is -3.01. The second-order valence-corrected chi connectivity index (χ2v) is 19.5. The molecule has 2 heterocycles. The minimum Gasteiger partial charge on any atom is -0.490 e. The number of amides is 2. The summed E-state index contributed by atoms with van der Waals surface area (Å²) in [4.78, 5) is 31.9. The Morgan fingerprint density at radius 1 is 1.20 bits per heavy atom. The second-order valence-electron chi connectivity index (χ2n) is 16.7. The number of nitrogens with zero attached hydrogens (tertiary/aromatic N) is 2. The van der Waals surface area contributed by atoms with Crippen LogP contribution < -0.4 is 14.4 Å². The van der Waals surface area contributed by atoms with E-state index < -0.39 is 26.5 Å². The first-order chi connectivity index (χ1) is 24.0. The van der Waals surface area contributed by atoms with Crippen molar-refractivity contribution in [1.29, 1.82) is 0 Å². The summed E-state index contributed by atoms with van der Waals surface area (Å²) in [6.45, 7) is 12.0. The van der Waals surface area contributed by atoms with Gasteiger partial charge in [0.25, 0.3) is 5.91 Å². The number of carbonyl (C=O) groups is 2. The van der Waals surface area contributed by atoms with Gasteiger partial charge in [0.2, 0.25) is 5.91 Å². The van der Waals surface area contributed by atoms with Crippen LogP contribution in [0.25, 0.3) is 0 Å². The molecule has 1 spiro atoms. The largest absolute Gasteiger partial charge is 0.490 e. The summed E-state index contributed by atoms with van der Waals surface area (Å²) < 4.78 is 30.0. The summed E-state index contributed by atoms with van der Waals surface area (Å²) in [5, 5.41) is 0.337. The third-order valence-electron chi connectivity index (χ3n) is 12.6. The third kappa shape index (κ3) is 7.32. The molecular formula is C41H56ClN3O5S. The number of anilines is 1. The number of hydrogen-bond donors (Lipinski definition) is 1. The molecule has 0 radical (unpaired) electrons. The van der Waals surface area contributed by atoms with Gasteiger partial charge in [-0.05, 0) is 131 Å². The Balaban J connectivity index is 1.46. The fourth-order valence-electron chi connectivity index (χ4n) is 8.66. The quantitative estimate of drug-likeness (QED) is 0.265. The summed E-state index contributed by atoms with van der Waals surface area (Å²) in [6.07, 6.45) is 9.91. The maximum Gasteiger partial charge on any atom is 0.262 e. The molecule has 0 saturated heterocycles. The van der Waals surface area contributed by atoms with Gasteiger partial charge in [-0.25, -0.2) is 4.21 Å². The van der Waals surface area contributed by atoms with Crippen LogP contribution >= 0.6 is 11.6 Å². The monoisotopic (exact) mass is 737 g/mol. The van der Waals surface area contributed by atoms with Gasteiger partial charge in [-0.3, -0.25) is 14.3 Å². The molecule has 2 aliphatic heterocycles. The number of methoxy groups -OCH3 is 1. The van der Waals surface area contributed by atoms with Crippen LogP contribution in [0.2, 0.25) is 5.02 Å². The van der Waals surface area contributed by atoms with Gasteiger partial charge in [0, 0.05) is 54.0 Å². The predicted octanol–water partition coefficient (Wildman–Crippen LogP) is 7.22. The maximum absolute atomic E-state index is 14.0. The zero-order valence-corrected chi connectivity index (χ0v) is 33.0. The highest BCUT2D eigenvalue weighted by Gasteiger charge is 2.50. The summed E-state index contributed by atoms with van der Waals surface area (Å²) in [7, 11) is 0.590. The topological polar surface area (TPSA) is 88.2 Å². The van der Waals surface area contributed by atoms with Gasteiger partial charge in [0.1, 0.15) is 5.75 Å². The van der Waals surface area contributed by atoms with E-state index in [4.69, 9.17) is 21.1 Å². The van der Waals surface area contributed by atoms with Gasteiger partial charge in [0.15, 0.2) is 0 Å². The van der Waals surface area contributed by atoms with Crippen molar-refractivity contribution in [2.75, 3.05) is 38.8 Å². The van der Waals surface area contributed by atoms with Gasteiger partial charge in [-0.1, -0.05) is 36.7 Å². The number of benzene rings is 2. The van der Waals surface area contributed by atoms with Crippen molar-refractivity contribution in [1.82, 2.24) is 9.62 Å². The number of fused-ring (bicyclic) bond motifs is 4. The summed E-state index contributed by atoms with van der Waals surface area (Å²) in [6, 6.07) is 11.8. The van der Waals surface area contributed by atoms with E-state index in [-0.39, 0.29) is 41.0 Å². The average Bonchev–Trinajstić information content (AvgIpc) is 3.21. The highest BCUT2D eigenvalue weighted by molar-refractivity contribution is 7.99. The molecule has 2 aromatic rings. The Labute approximate surface area is 310 Å². The normalized spacial score (nSPS) is 33.1. The van der Waals surface area contributed by atoms with Crippen LogP contribution in [0.1, 0.15) is 94.6 Å². The lowest BCUT2D eigenvalue weighted by atomic mass is 9.62. The van der Waals surface area contributed by atoms with E-state index in [0.717, 1.165) is 48.6 Å². The molecule has 1 saturated carbocycles. The number of carbonyl (C=O) groups excluding carboxylic acids is 2. The number of halogens is 1. The molecule has 278 valence electrons. The van der Waals surface area contributed by atoms with E-state index in [1.165, 1.54) is 11.1 Å². The standard InChI is InChI=1S/C41H56ClN3O5S/c1-27-11-9-20-41(49-7,23-37(46)44(6)39(3,4)5)34-16-13-31(34)24-45-25-40(19-10-12-29-21-32(42)15-17-33(29)40)26-50-36-18-14-30(22-35(36)45)38(47)43-51(8,48)28(27)2/h9,14-15,17-18,20-22,27-28,31,34H,8,10-13,16,19,23-26H2,1-7H3,(H,43,47,48)/b20-9+/t27-,28+,31-,34+,40-,41+,51?/m0/s1. The zero-order valence-electron chi connectivity index (χ0n) is 31.4. The minimum absolute atomic E-state index is 0.0357. The first-order valence-corrected chi connectivity index (χ1v) is 20.6. The first kappa shape index (κ1) is 37.7. The Hall–Kier alpha value is -3.01. The van der Waals surface area contributed by atoms with Crippen molar-refractivity contribution in [3.63, 3.8) is 0 Å². The van der Waals surface area contributed by atoms with E-state index in [9.17, 15) is 13.8 Å². The van der Waals surface area contributed by atoms with E-state index in [0.29, 0.717) is 31.7 Å². The van der Waals surface area contributed by atoms with Crippen molar-refractivity contribution >= 4 is 44.7 Å². The van der Waals surface area contributed by atoms with E-state index in [2.05, 4.69) is 39.8 Å². The number of hydrogen-bond acceptors (Lipinski definition) is 6. The SMILES string of the molecule is C=S1(=O)NC(=O)c2ccc3c(c2)N(C[C@@H]2CC[C@H]2[C@@](CC(=O)N(C)C(C)(C)C)(OC)/C=C/C[C@H](C)[C@H]1C)C[C@@]1(CCCc2cc(Cl)ccc21)CO3. The van der Waals surface area contributed by atoms with Gasteiger partial charge in [0.05, 0.1) is 34.0 Å². The lowest BCUT2D eigenvalue weighted by molar-refractivity contribution is -0.145. The van der Waals surface area contributed by atoms with E-state index in [1.54, 1.807) is 13.2 Å². The number of aryl methyl sites for hydroxylation is 1. The second kappa shape index (κ2) is 14.1. The maximum atomic E-state index is 14.0. The lowest BCUT2D eigenvalue weighted by Gasteiger charge is -2.51. The smallest absolute Gasteiger partial charge is 0.262 e. The molecule has 1 fully saturated rings. The molecule has 6 rings (SSSR count). The predicted molar refractivity (Wildman–Crippen MR) is 208 cm³/mol. The van der Waals surface area contributed by atoms with Crippen LogP contribution in [-0.4, -0.2) is 77.0 Å². The van der Waals surface area contributed by atoms with Crippen molar-refractivity contribution in [2.24, 2.45) is 17.8 Å². The van der Waals surface area contributed by atoms with Crippen LogP contribution in [0.3, 0.4) is 0 Å². The molecular weight excluding hydrogens is 682 g/mol. The summed E-state index contributed by atoms with van der Waals surface area (Å²) >= 11 is 6.49. The van der Waals surface area contributed by atoms with Crippen LogP contribution in [0.5, 0.6) is 5.75 Å². The van der Waals surface area contributed by atoms with Crippen LogP contribution in [0.15, 0.2) is 48.6 Å². The van der Waals surface area contributed by atoms with Gasteiger partial charge < -0.3 is 19.3 Å². The zero-order chi connectivity index (χ0) is 36.9. The highest BCUT2D eigenvalue weighted by Crippen LogP contribution is 2.50. The fourth-order valence-corrected chi connectivity index (χ4v) is 10.3. The third-order valence-corrected chi connectivity index (χ3v) is 15.0. The van der Waals surface area contributed by atoms with Gasteiger partial charge >= 0.3 is 0 Å². The van der Waals surface area contributed by atoms with Crippen LogP contribution in [0, 0.1) is 17.8 Å². The average molecular weight is 738 g/mol. The molecule has 1 N–H and O–H groups in total. The fraction of sp³-hybridized carbons (Fsp3) is 0.585. The van der Waals surface area contributed by atoms with E-state index in [1.807, 2.05) is 64.8 Å². The Morgan fingerprint density at radius 3 is 2.65 bits per heavy atom. The number of rotatable bonds is 3. The van der Waals surface area contributed by atoms with Gasteiger partial charge in [-0.15, -0.1) is 0 Å². The van der Waals surface area contributed by atoms with Crippen molar-refractivity contribution in [3.05, 3.63) is 70.3 Å². The van der Waals surface area contributed by atoms with Crippen molar-refractivity contribution in [2.45, 2.75) is 101 Å². The van der Waals surface area contributed by atoms with Gasteiger partial charge in [-0.2, -0.15) is 0 Å². The number of nitrogens with one attached hydrogen (secondary N) is 1. The molecule has 2 aliphatic carbocycles. The molecule has 2 amide bonds. The molecule has 4 aliphatic rings. The van der Waals surface area contributed by atoms with Crippen molar-refractivity contribution in [3.8, 4) is 5.75 Å². The number of allylic oxidation sites excluding steroid dienone is 1. The first-order valence-electron chi connectivity index (χ1n) is 18.5. The molecule has 8 nitrogen and oxygen atoms in total. The number of ether oxygens (including phenoxy) is 2. The van der Waals surface area contributed by atoms with E-state index >= 15 is 0 Å². The molecule has 51 heavy (non-hydrogen) atoms. The highest BCUT2D eigenvalue weighted by atomic mass is 35.5.